The number of rotatable bonds is 4. The molecule has 3 heterocycles. The molecule has 9 aromatic rings. The molecule has 0 saturated heterocycles. The zero-order valence-electron chi connectivity index (χ0n) is 55.8. The normalized spacial score (nSPS) is 20.6. The molecule has 1 aromatic heterocycles. The maximum atomic E-state index is 10.0. The van der Waals surface area contributed by atoms with Crippen LogP contribution in [0.1, 0.15) is 41.1 Å². The molecule has 0 radical (unpaired) electrons. The number of nitrogens with zero attached hydrogens (tertiary/aromatic N) is 1. The zero-order valence-corrected chi connectivity index (χ0v) is 25.8. The number of fused-ring (bicyclic) bond motifs is 7. The first kappa shape index (κ1) is 12.2. The van der Waals surface area contributed by atoms with E-state index in [0.29, 0.717) is 0 Å². The van der Waals surface area contributed by atoms with Crippen LogP contribution >= 0.6 is 0 Å². The summed E-state index contributed by atoms with van der Waals surface area (Å²) < 4.78 is 283. The average Bonchev–Trinajstić information content (AvgIpc) is 1.55. The van der Waals surface area contributed by atoms with Gasteiger partial charge in [-0.15, -0.1) is 0 Å². The van der Waals surface area contributed by atoms with Gasteiger partial charge in [-0.05, 0) is 81.7 Å². The summed E-state index contributed by atoms with van der Waals surface area (Å²) in [7, 11) is 0. The van der Waals surface area contributed by atoms with E-state index in [1.54, 1.807) is 0 Å². The Hall–Kier alpha value is -6.78. The molecule has 2 aliphatic heterocycles. The fourth-order valence-electron chi connectivity index (χ4n) is 6.29. The first-order valence-corrected chi connectivity index (χ1v) is 15.3. The Labute approximate surface area is 344 Å². The van der Waals surface area contributed by atoms with Crippen LogP contribution < -0.4 is 20.3 Å². The minimum absolute atomic E-state index is 0.489. The van der Waals surface area contributed by atoms with Gasteiger partial charge in [-0.25, -0.2) is 0 Å². The van der Waals surface area contributed by atoms with Gasteiger partial charge in [0.05, 0.1) is 57.8 Å². The quantitative estimate of drug-likeness (QED) is 0.171. The molecule has 0 spiro atoms. The van der Waals surface area contributed by atoms with Gasteiger partial charge in [0.25, 0.3) is 0 Å². The topological polar surface area (TPSA) is 23.4 Å². The average molecular weight is 694 g/mol. The third-order valence-electron chi connectivity index (χ3n) is 8.47. The zero-order chi connectivity index (χ0) is 60.3. The smallest absolute Gasteiger partial charge is 0.434 e. The van der Waals surface area contributed by atoms with Crippen LogP contribution in [0, 0.1) is 0 Å². The van der Waals surface area contributed by atoms with Crippen LogP contribution in [-0.2, 0) is 0 Å². The Morgan fingerprint density at radius 3 is 1.88 bits per heavy atom. The molecule has 0 fully saturated rings. The van der Waals surface area contributed by atoms with Crippen molar-refractivity contribution in [3.63, 3.8) is 0 Å². The molecule has 52 heavy (non-hydrogen) atoms. The lowest BCUT2D eigenvalue weighted by atomic mass is 9.50. The molecule has 0 unspecified atom stereocenters. The van der Waals surface area contributed by atoms with E-state index in [2.05, 4.69) is 0 Å². The summed E-state index contributed by atoms with van der Waals surface area (Å²) in [4.78, 5) is 0. The molecule has 0 saturated carbocycles. The van der Waals surface area contributed by atoms with Crippen LogP contribution in [0.3, 0.4) is 0 Å². The molecule has 11 rings (SSSR count). The fraction of sp³-hybridized carbons (Fsp3) is 0. The number of ether oxygens (including phenoxy) is 1. The molecule has 2 aliphatic rings. The van der Waals surface area contributed by atoms with Gasteiger partial charge in [-0.3, -0.25) is 0 Å². The maximum Gasteiger partial charge on any atom is 0.434 e. The van der Waals surface area contributed by atoms with Gasteiger partial charge in [0.2, 0.25) is 0 Å². The first-order valence-electron chi connectivity index (χ1n) is 30.3. The summed E-state index contributed by atoms with van der Waals surface area (Å²) in [6.07, 6.45) is 0. The third kappa shape index (κ3) is 4.41. The lowest BCUT2D eigenvalue weighted by Gasteiger charge is -2.33. The van der Waals surface area contributed by atoms with Gasteiger partial charge in [0, 0.05) is 32.8 Å². The van der Waals surface area contributed by atoms with Crippen LogP contribution in [0.2, 0.25) is 0 Å². The van der Waals surface area contributed by atoms with Gasteiger partial charge in [0.1, 0.15) is 17.2 Å². The number of hydrogen-bond acceptors (Lipinski definition) is 2. The van der Waals surface area contributed by atoms with Crippen molar-refractivity contribution in [2.75, 3.05) is 0 Å². The molecule has 0 N–H and O–H groups in total. The fourth-order valence-corrected chi connectivity index (χ4v) is 6.29. The van der Waals surface area contributed by atoms with Crippen molar-refractivity contribution >= 4 is 39.6 Å². The second-order valence-electron chi connectivity index (χ2n) is 11.3. The van der Waals surface area contributed by atoms with Gasteiger partial charge >= 0.3 is 6.92 Å². The van der Waals surface area contributed by atoms with Crippen molar-refractivity contribution in [2.45, 2.75) is 0 Å². The van der Waals surface area contributed by atoms with Crippen molar-refractivity contribution in [3.05, 3.63) is 181 Å². The molecule has 4 heteroatoms. The van der Waals surface area contributed by atoms with Crippen molar-refractivity contribution in [2.24, 2.45) is 0 Å². The second-order valence-corrected chi connectivity index (χ2v) is 11.3. The highest BCUT2D eigenvalue weighted by Gasteiger charge is 2.41. The van der Waals surface area contributed by atoms with Gasteiger partial charge in [-0.2, -0.15) is 0 Å². The van der Waals surface area contributed by atoms with E-state index in [9.17, 15) is 11.0 Å². The van der Waals surface area contributed by atoms with E-state index in [4.69, 9.17) is 39.5 Å². The molecular weight excluding hydrogens is 633 g/mol. The summed E-state index contributed by atoms with van der Waals surface area (Å²) in [5.74, 6) is -2.31. The van der Waals surface area contributed by atoms with Crippen LogP contribution in [-0.4, -0.2) is 11.5 Å². The van der Waals surface area contributed by atoms with E-state index in [-0.39, 0.29) is 0 Å². The molecule has 0 aliphatic carbocycles. The molecule has 3 nitrogen and oxygen atoms in total. The highest BCUT2D eigenvalue weighted by atomic mass is 16.5. The number of para-hydroxylation sites is 4. The molecule has 242 valence electrons. The van der Waals surface area contributed by atoms with E-state index in [1.807, 2.05) is 0 Å². The van der Waals surface area contributed by atoms with Gasteiger partial charge < -0.3 is 14.0 Å². The Morgan fingerprint density at radius 2 is 1.08 bits per heavy atom. The highest BCUT2D eigenvalue weighted by molar-refractivity contribution is 6.84. The van der Waals surface area contributed by atoms with Crippen molar-refractivity contribution < 1.29 is 50.5 Å². The maximum absolute atomic E-state index is 10.0. The molecular formula is C48H30BNO2. The van der Waals surface area contributed by atoms with E-state index in [0.717, 1.165) is 4.57 Å². The predicted molar refractivity (Wildman–Crippen MR) is 215 cm³/mol. The number of hydrogen-bond donors (Lipinski definition) is 0. The molecule has 8 aromatic carbocycles. The van der Waals surface area contributed by atoms with Crippen molar-refractivity contribution in [1.82, 2.24) is 4.57 Å². The van der Waals surface area contributed by atoms with Crippen molar-refractivity contribution in [3.8, 4) is 67.4 Å². The first-order chi connectivity index (χ1) is 38.3. The summed E-state index contributed by atoms with van der Waals surface area (Å²) in [5, 5.41) is -1.03. The lowest BCUT2D eigenvalue weighted by molar-refractivity contribution is 0.479. The largest absolute Gasteiger partial charge is 0.551 e. The van der Waals surface area contributed by atoms with Crippen LogP contribution in [0.4, 0.5) is 0 Å². The summed E-state index contributed by atoms with van der Waals surface area (Å²) in [6.45, 7) is -2.06. The van der Waals surface area contributed by atoms with E-state index in [1.165, 1.54) is 0 Å². The number of aromatic nitrogens is 1. The Bertz CT molecular complexity index is 4490. The van der Waals surface area contributed by atoms with Gasteiger partial charge in [-0.1, -0.05) is 133 Å². The van der Waals surface area contributed by atoms with Crippen molar-refractivity contribution in [1.29, 1.82) is 0 Å². The summed E-state index contributed by atoms with van der Waals surface area (Å²) in [6, 6.07) is -28.2. The standard InChI is InChI=1S/C48H30BNO2/c1-2-13-31(14-3-1)32-15-12-16-33(27-32)35-28-40-39-20-7-11-24-45(39)52-49-41-29-34(25-26-46(41)51-47(30-35)48(40)49)36-17-4-8-21-42(36)50-43-22-9-5-18-37(43)38-19-6-10-23-44(38)50/h1-30H/i1D,2D,3D,4D,5D,6D,7D,8D,9D,10D,11D,12D,13D,14D,15D,16D,17D,18D,19D,20D,21D,22D,23D,24D,25D,26D,27D,28D,29D,30D. The van der Waals surface area contributed by atoms with E-state index < -0.39 is 288 Å². The Kier molecular flexibility index (Phi) is 2.66. The number of benzene rings is 8. The van der Waals surface area contributed by atoms with E-state index >= 15 is 0 Å². The monoisotopic (exact) mass is 693 g/mol. The third-order valence-corrected chi connectivity index (χ3v) is 8.47. The van der Waals surface area contributed by atoms with Gasteiger partial charge in [0.15, 0.2) is 0 Å². The summed E-state index contributed by atoms with van der Waals surface area (Å²) in [5.41, 5.74) is -9.37. The molecule has 0 amide bonds. The van der Waals surface area contributed by atoms with Crippen LogP contribution in [0.25, 0.3) is 72.0 Å². The predicted octanol–water partition coefficient (Wildman–Crippen LogP) is 11.1. The van der Waals surface area contributed by atoms with Crippen LogP contribution in [0.5, 0.6) is 17.2 Å². The Balaban J connectivity index is 1.28. The SMILES string of the molecule is [2H]c1c([2H])c([2H])c(-c2c([2H])c([2H])c([2H])c(-c3c([2H])c4c5c(c3[2H])-c3c([2H])c([2H])c([2H])c([2H])c3OB5c3c([2H])c(-c5c([2H])c([2H])c([2H])c([2H])c5-n5c6c([2H])c([2H])c([2H])c([2H])c6c6c([2H])c([2H])c([2H])c([2H])c65)c([2H])c([2H])c3O4)c2[2H])c([2H])c1[2H]. The minimum atomic E-state index is -2.06. The molecule has 0 atom stereocenters. The Morgan fingerprint density at radius 1 is 0.423 bits per heavy atom. The lowest BCUT2D eigenvalue weighted by Crippen LogP contribution is -2.53. The second kappa shape index (κ2) is 11.4. The molecule has 0 bridgehead atoms. The minimum Gasteiger partial charge on any atom is -0.551 e. The highest BCUT2D eigenvalue weighted by Crippen LogP contribution is 2.43. The summed E-state index contributed by atoms with van der Waals surface area (Å²) >= 11 is 0. The van der Waals surface area contributed by atoms with Crippen LogP contribution in [0.15, 0.2) is 181 Å².